The summed E-state index contributed by atoms with van der Waals surface area (Å²) in [5.74, 6) is 0.658. The first-order valence-electron chi connectivity index (χ1n) is 4.42. The second-order valence-electron chi connectivity index (χ2n) is 3.39. The lowest BCUT2D eigenvalue weighted by Crippen LogP contribution is -1.94. The Bertz CT molecular complexity index is 409. The van der Waals surface area contributed by atoms with Crippen LogP contribution in [0.5, 0.6) is 0 Å². The van der Waals surface area contributed by atoms with Crippen molar-refractivity contribution < 1.29 is 0 Å². The smallest absolute Gasteiger partial charge is 0.174 e. The van der Waals surface area contributed by atoms with Crippen LogP contribution in [0, 0.1) is 10.7 Å². The molecule has 1 aliphatic rings. The van der Waals surface area contributed by atoms with Gasteiger partial charge in [-0.1, -0.05) is 25.2 Å². The number of imidazole rings is 1. The Morgan fingerprint density at radius 2 is 2.38 bits per heavy atom. The highest BCUT2D eigenvalue weighted by atomic mass is 32.1. The van der Waals surface area contributed by atoms with Gasteiger partial charge in [0.2, 0.25) is 0 Å². The summed E-state index contributed by atoms with van der Waals surface area (Å²) in [4.78, 5) is 6.06. The van der Waals surface area contributed by atoms with Gasteiger partial charge in [-0.25, -0.2) is 0 Å². The second-order valence-corrected chi connectivity index (χ2v) is 3.80. The second kappa shape index (κ2) is 3.34. The third kappa shape index (κ3) is 1.80. The molecule has 3 heteroatoms. The first-order valence-corrected chi connectivity index (χ1v) is 4.83. The zero-order valence-corrected chi connectivity index (χ0v) is 8.32. The van der Waals surface area contributed by atoms with Crippen molar-refractivity contribution in [1.29, 1.82) is 0 Å². The molecule has 0 fully saturated rings. The van der Waals surface area contributed by atoms with E-state index in [2.05, 4.69) is 35.1 Å². The molecule has 2 nitrogen and oxygen atoms in total. The van der Waals surface area contributed by atoms with Crippen molar-refractivity contribution in [3.63, 3.8) is 0 Å². The predicted octanol–water partition coefficient (Wildman–Crippen LogP) is 3.05. The molecule has 1 heterocycles. The lowest BCUT2D eigenvalue weighted by atomic mass is 9.97. The van der Waals surface area contributed by atoms with Crippen molar-refractivity contribution >= 4 is 17.8 Å². The van der Waals surface area contributed by atoms with Crippen LogP contribution in [0.4, 0.5) is 0 Å². The lowest BCUT2D eigenvalue weighted by Gasteiger charge is -2.09. The number of allylic oxidation sites excluding steroid dienone is 4. The molecule has 1 aromatic rings. The molecule has 68 valence electrons. The number of aromatic amines is 2. The molecule has 2 rings (SSSR count). The molecule has 0 saturated carbocycles. The average Bonchev–Trinajstić information content (AvgIpc) is 2.53. The van der Waals surface area contributed by atoms with Crippen molar-refractivity contribution in [2.75, 3.05) is 0 Å². The van der Waals surface area contributed by atoms with Crippen molar-refractivity contribution in [3.05, 3.63) is 34.9 Å². The molecule has 13 heavy (non-hydrogen) atoms. The van der Waals surface area contributed by atoms with E-state index in [0.717, 1.165) is 12.1 Å². The Morgan fingerprint density at radius 3 is 2.92 bits per heavy atom. The standard InChI is InChI=1S/C10H12N2S/c1-7-2-4-8(5-3-7)9-6-11-10(13)12-9/h2,4-7H,3H2,1H3,(H2,11,12,13). The van der Waals surface area contributed by atoms with Crippen LogP contribution in [0.3, 0.4) is 0 Å². The zero-order chi connectivity index (χ0) is 9.26. The van der Waals surface area contributed by atoms with Crippen LogP contribution in [0.25, 0.3) is 5.57 Å². The van der Waals surface area contributed by atoms with Gasteiger partial charge < -0.3 is 9.97 Å². The lowest BCUT2D eigenvalue weighted by molar-refractivity contribution is 0.739. The maximum Gasteiger partial charge on any atom is 0.174 e. The zero-order valence-electron chi connectivity index (χ0n) is 7.50. The highest BCUT2D eigenvalue weighted by Gasteiger charge is 2.05. The van der Waals surface area contributed by atoms with Gasteiger partial charge in [-0.05, 0) is 30.1 Å². The molecule has 2 N–H and O–H groups in total. The normalized spacial score (nSPS) is 21.6. The fourth-order valence-corrected chi connectivity index (χ4v) is 1.58. The van der Waals surface area contributed by atoms with E-state index in [4.69, 9.17) is 12.2 Å². The van der Waals surface area contributed by atoms with E-state index in [9.17, 15) is 0 Å². The van der Waals surface area contributed by atoms with Gasteiger partial charge in [-0.3, -0.25) is 0 Å². The molecule has 0 spiro atoms. The van der Waals surface area contributed by atoms with Crippen molar-refractivity contribution in [2.24, 2.45) is 5.92 Å². The molecule has 1 atom stereocenters. The van der Waals surface area contributed by atoms with Crippen molar-refractivity contribution in [2.45, 2.75) is 13.3 Å². The summed E-state index contributed by atoms with van der Waals surface area (Å²) in [5, 5.41) is 0. The molecule has 1 unspecified atom stereocenters. The van der Waals surface area contributed by atoms with Crippen molar-refractivity contribution in [3.8, 4) is 0 Å². The van der Waals surface area contributed by atoms with Crippen LogP contribution in [0.2, 0.25) is 0 Å². The van der Waals surface area contributed by atoms with Gasteiger partial charge in [-0.15, -0.1) is 0 Å². The Labute approximate surface area is 82.4 Å². The Kier molecular flexibility index (Phi) is 2.19. The van der Waals surface area contributed by atoms with Crippen LogP contribution in [0.15, 0.2) is 24.4 Å². The van der Waals surface area contributed by atoms with Gasteiger partial charge in [0.05, 0.1) is 5.69 Å². The summed E-state index contributed by atoms with van der Waals surface area (Å²) in [6, 6.07) is 0. The quantitative estimate of drug-likeness (QED) is 0.658. The van der Waals surface area contributed by atoms with E-state index >= 15 is 0 Å². The SMILES string of the molecule is CC1C=CC(c2c[nH]c(=S)[nH]2)=CC1. The third-order valence-electron chi connectivity index (χ3n) is 2.22. The topological polar surface area (TPSA) is 31.6 Å². The number of hydrogen-bond donors (Lipinski definition) is 2. The summed E-state index contributed by atoms with van der Waals surface area (Å²) in [6.45, 7) is 2.21. The van der Waals surface area contributed by atoms with Crippen LogP contribution in [-0.4, -0.2) is 9.97 Å². The van der Waals surface area contributed by atoms with Crippen molar-refractivity contribution in [1.82, 2.24) is 9.97 Å². The van der Waals surface area contributed by atoms with Crippen LogP contribution in [0.1, 0.15) is 19.0 Å². The summed E-state index contributed by atoms with van der Waals surface area (Å²) in [5.41, 5.74) is 2.30. The van der Waals surface area contributed by atoms with E-state index in [1.165, 1.54) is 5.57 Å². The van der Waals surface area contributed by atoms with E-state index in [1.807, 2.05) is 6.20 Å². The molecular weight excluding hydrogens is 180 g/mol. The number of nitrogens with one attached hydrogen (secondary N) is 2. The number of hydrogen-bond acceptors (Lipinski definition) is 1. The monoisotopic (exact) mass is 192 g/mol. The third-order valence-corrected chi connectivity index (χ3v) is 2.44. The van der Waals surface area contributed by atoms with Gasteiger partial charge in [0, 0.05) is 6.20 Å². The number of aromatic nitrogens is 2. The minimum absolute atomic E-state index is 0.658. The molecule has 1 aliphatic carbocycles. The molecule has 0 bridgehead atoms. The molecule has 0 aliphatic heterocycles. The highest BCUT2D eigenvalue weighted by molar-refractivity contribution is 7.71. The minimum atomic E-state index is 0.658. The summed E-state index contributed by atoms with van der Waals surface area (Å²) < 4.78 is 0.683. The molecule has 1 aromatic heterocycles. The van der Waals surface area contributed by atoms with E-state index < -0.39 is 0 Å². The largest absolute Gasteiger partial charge is 0.337 e. The molecule has 0 saturated heterocycles. The Hall–Kier alpha value is -1.09. The van der Waals surface area contributed by atoms with E-state index in [0.29, 0.717) is 10.7 Å². The van der Waals surface area contributed by atoms with Crippen LogP contribution < -0.4 is 0 Å². The fraction of sp³-hybridized carbons (Fsp3) is 0.300. The predicted molar refractivity (Wildman–Crippen MR) is 56.9 cm³/mol. The van der Waals surface area contributed by atoms with Crippen LogP contribution in [-0.2, 0) is 0 Å². The number of H-pyrrole nitrogens is 2. The van der Waals surface area contributed by atoms with Gasteiger partial charge in [0.1, 0.15) is 0 Å². The summed E-state index contributed by atoms with van der Waals surface area (Å²) in [7, 11) is 0. The Balaban J connectivity index is 2.29. The number of rotatable bonds is 1. The molecule has 0 aromatic carbocycles. The summed E-state index contributed by atoms with van der Waals surface area (Å²) >= 11 is 4.96. The first kappa shape index (κ1) is 8.51. The highest BCUT2D eigenvalue weighted by Crippen LogP contribution is 2.21. The average molecular weight is 192 g/mol. The first-order chi connectivity index (χ1) is 6.25. The molecule has 0 radical (unpaired) electrons. The van der Waals surface area contributed by atoms with Gasteiger partial charge in [0.25, 0.3) is 0 Å². The van der Waals surface area contributed by atoms with E-state index in [-0.39, 0.29) is 0 Å². The molecule has 0 amide bonds. The van der Waals surface area contributed by atoms with Gasteiger partial charge >= 0.3 is 0 Å². The Morgan fingerprint density at radius 1 is 1.54 bits per heavy atom. The minimum Gasteiger partial charge on any atom is -0.337 e. The maximum absolute atomic E-state index is 4.96. The fourth-order valence-electron chi connectivity index (χ4n) is 1.41. The maximum atomic E-state index is 4.96. The molecular formula is C10H12N2S. The van der Waals surface area contributed by atoms with E-state index in [1.54, 1.807) is 0 Å². The van der Waals surface area contributed by atoms with Gasteiger partial charge in [-0.2, -0.15) is 0 Å². The van der Waals surface area contributed by atoms with Gasteiger partial charge in [0.15, 0.2) is 4.77 Å². The van der Waals surface area contributed by atoms with Crippen LogP contribution >= 0.6 is 12.2 Å². The summed E-state index contributed by atoms with van der Waals surface area (Å²) in [6.07, 6.45) is 9.62.